The van der Waals surface area contributed by atoms with Crippen LogP contribution in [0, 0.1) is 12.8 Å². The number of aryl methyl sites for hydroxylation is 1. The number of guanidine groups is 1. The van der Waals surface area contributed by atoms with Gasteiger partial charge in [0.2, 0.25) is 0 Å². The Morgan fingerprint density at radius 2 is 2.00 bits per heavy atom. The molecular formula is C24H36N4O2. The number of hydrogen-bond donors (Lipinski definition) is 2. The van der Waals surface area contributed by atoms with Crippen molar-refractivity contribution in [3.05, 3.63) is 59.5 Å². The Labute approximate surface area is 180 Å². The number of furan rings is 1. The van der Waals surface area contributed by atoms with E-state index in [2.05, 4.69) is 67.7 Å². The molecule has 0 radical (unpaired) electrons. The summed E-state index contributed by atoms with van der Waals surface area (Å²) in [5.41, 5.74) is 2.54. The zero-order chi connectivity index (χ0) is 21.3. The van der Waals surface area contributed by atoms with Gasteiger partial charge in [0, 0.05) is 25.6 Å². The number of benzene rings is 1. The SMILES string of the molecule is CCNC(=NCC(c1ccco1)N(C)C)NCC1CCCOC1c1ccc(C)cc1. The largest absolute Gasteiger partial charge is 0.468 e. The Morgan fingerprint density at radius 1 is 1.20 bits per heavy atom. The van der Waals surface area contributed by atoms with Crippen LogP contribution in [-0.4, -0.2) is 51.2 Å². The van der Waals surface area contributed by atoms with Gasteiger partial charge in [-0.2, -0.15) is 0 Å². The second-order valence-corrected chi connectivity index (χ2v) is 8.20. The highest BCUT2D eigenvalue weighted by atomic mass is 16.5. The highest BCUT2D eigenvalue weighted by Crippen LogP contribution is 2.33. The molecule has 0 bridgehead atoms. The lowest BCUT2D eigenvalue weighted by Crippen LogP contribution is -2.42. The zero-order valence-corrected chi connectivity index (χ0v) is 18.7. The Bertz CT molecular complexity index is 771. The molecule has 1 aliphatic heterocycles. The smallest absolute Gasteiger partial charge is 0.191 e. The maximum Gasteiger partial charge on any atom is 0.191 e. The lowest BCUT2D eigenvalue weighted by molar-refractivity contribution is -0.0265. The third-order valence-electron chi connectivity index (χ3n) is 5.64. The first kappa shape index (κ1) is 22.4. The van der Waals surface area contributed by atoms with Crippen LogP contribution in [0.1, 0.15) is 48.8 Å². The molecule has 1 aromatic carbocycles. The molecule has 6 heteroatoms. The second kappa shape index (κ2) is 11.2. The van der Waals surface area contributed by atoms with Gasteiger partial charge in [0.1, 0.15) is 5.76 Å². The van der Waals surface area contributed by atoms with Gasteiger partial charge in [-0.05, 0) is 58.5 Å². The van der Waals surface area contributed by atoms with Crippen LogP contribution in [0.2, 0.25) is 0 Å². The highest BCUT2D eigenvalue weighted by Gasteiger charge is 2.27. The second-order valence-electron chi connectivity index (χ2n) is 8.20. The van der Waals surface area contributed by atoms with E-state index in [1.54, 1.807) is 6.26 Å². The number of hydrogen-bond acceptors (Lipinski definition) is 4. The highest BCUT2D eigenvalue weighted by molar-refractivity contribution is 5.79. The van der Waals surface area contributed by atoms with Gasteiger partial charge in [-0.1, -0.05) is 29.8 Å². The number of nitrogens with one attached hydrogen (secondary N) is 2. The molecule has 6 nitrogen and oxygen atoms in total. The minimum atomic E-state index is 0.105. The van der Waals surface area contributed by atoms with Gasteiger partial charge in [-0.25, -0.2) is 0 Å². The third-order valence-corrected chi connectivity index (χ3v) is 5.64. The average molecular weight is 413 g/mol. The average Bonchev–Trinajstić information content (AvgIpc) is 3.27. The Kier molecular flexibility index (Phi) is 8.34. The van der Waals surface area contributed by atoms with Crippen molar-refractivity contribution in [1.29, 1.82) is 0 Å². The minimum absolute atomic E-state index is 0.105. The molecule has 2 heterocycles. The van der Waals surface area contributed by atoms with Gasteiger partial charge >= 0.3 is 0 Å². The van der Waals surface area contributed by atoms with E-state index in [1.165, 1.54) is 11.1 Å². The number of likely N-dealkylation sites (N-methyl/N-ethyl adjacent to an activating group) is 1. The number of ether oxygens (including phenoxy) is 1. The van der Waals surface area contributed by atoms with Crippen molar-refractivity contribution < 1.29 is 9.15 Å². The Hall–Kier alpha value is -2.31. The van der Waals surface area contributed by atoms with Crippen LogP contribution in [0.3, 0.4) is 0 Å². The summed E-state index contributed by atoms with van der Waals surface area (Å²) in [6, 6.07) is 12.8. The molecule has 1 aromatic heterocycles. The van der Waals surface area contributed by atoms with E-state index >= 15 is 0 Å². The maximum absolute atomic E-state index is 6.17. The van der Waals surface area contributed by atoms with Crippen LogP contribution < -0.4 is 10.6 Å². The van der Waals surface area contributed by atoms with Crippen LogP contribution >= 0.6 is 0 Å². The predicted molar refractivity (Wildman–Crippen MR) is 122 cm³/mol. The monoisotopic (exact) mass is 412 g/mol. The summed E-state index contributed by atoms with van der Waals surface area (Å²) in [5, 5.41) is 6.92. The fourth-order valence-electron chi connectivity index (χ4n) is 3.91. The molecule has 3 rings (SSSR count). The molecule has 0 saturated carbocycles. The van der Waals surface area contributed by atoms with Crippen molar-refractivity contribution in [2.45, 2.75) is 38.8 Å². The Morgan fingerprint density at radius 3 is 2.67 bits per heavy atom. The molecule has 0 spiro atoms. The van der Waals surface area contributed by atoms with Crippen LogP contribution in [-0.2, 0) is 4.74 Å². The minimum Gasteiger partial charge on any atom is -0.468 e. The van der Waals surface area contributed by atoms with Crippen molar-refractivity contribution in [2.75, 3.05) is 40.3 Å². The molecule has 1 saturated heterocycles. The summed E-state index contributed by atoms with van der Waals surface area (Å²) >= 11 is 0. The van der Waals surface area contributed by atoms with Crippen molar-refractivity contribution in [3.63, 3.8) is 0 Å². The fourth-order valence-corrected chi connectivity index (χ4v) is 3.91. The fraction of sp³-hybridized carbons (Fsp3) is 0.542. The molecule has 1 fully saturated rings. The number of rotatable bonds is 8. The first-order valence-electron chi connectivity index (χ1n) is 11.0. The van der Waals surface area contributed by atoms with Gasteiger partial charge in [-0.15, -0.1) is 0 Å². The standard InChI is InChI=1S/C24H36N4O2/c1-5-25-24(27-17-21(28(3)4)22-9-7-14-29-22)26-16-20-8-6-15-30-23(20)19-12-10-18(2)11-13-19/h7,9-14,20-21,23H,5-6,8,15-17H2,1-4H3,(H2,25,26,27). The van der Waals surface area contributed by atoms with E-state index in [0.717, 1.165) is 44.3 Å². The molecule has 30 heavy (non-hydrogen) atoms. The lowest BCUT2D eigenvalue weighted by atomic mass is 9.89. The first-order valence-corrected chi connectivity index (χ1v) is 11.0. The molecule has 3 unspecified atom stereocenters. The quantitative estimate of drug-likeness (QED) is 0.508. The predicted octanol–water partition coefficient (Wildman–Crippen LogP) is 3.91. The van der Waals surface area contributed by atoms with E-state index in [4.69, 9.17) is 14.1 Å². The molecular weight excluding hydrogens is 376 g/mol. The summed E-state index contributed by atoms with van der Waals surface area (Å²) < 4.78 is 11.8. The molecule has 2 aromatic rings. The van der Waals surface area contributed by atoms with E-state index in [1.807, 2.05) is 12.1 Å². The van der Waals surface area contributed by atoms with Crippen molar-refractivity contribution in [2.24, 2.45) is 10.9 Å². The van der Waals surface area contributed by atoms with Crippen molar-refractivity contribution in [3.8, 4) is 0 Å². The summed E-state index contributed by atoms with van der Waals surface area (Å²) in [6.45, 7) is 7.31. The molecule has 0 amide bonds. The van der Waals surface area contributed by atoms with Crippen molar-refractivity contribution >= 4 is 5.96 Å². The summed E-state index contributed by atoms with van der Waals surface area (Å²) in [6.07, 6.45) is 4.10. The van der Waals surface area contributed by atoms with Crippen LogP contribution in [0.4, 0.5) is 0 Å². The molecule has 3 atom stereocenters. The van der Waals surface area contributed by atoms with E-state index < -0.39 is 0 Å². The molecule has 164 valence electrons. The van der Waals surface area contributed by atoms with E-state index in [-0.39, 0.29) is 12.1 Å². The van der Waals surface area contributed by atoms with Gasteiger partial charge in [-0.3, -0.25) is 9.89 Å². The van der Waals surface area contributed by atoms with Gasteiger partial charge in [0.25, 0.3) is 0 Å². The third kappa shape index (κ3) is 6.09. The van der Waals surface area contributed by atoms with Gasteiger partial charge in [0.05, 0.1) is 25.0 Å². The normalized spacial score (nSPS) is 20.9. The van der Waals surface area contributed by atoms with Crippen LogP contribution in [0.15, 0.2) is 52.1 Å². The van der Waals surface area contributed by atoms with Crippen molar-refractivity contribution in [1.82, 2.24) is 15.5 Å². The topological polar surface area (TPSA) is 62.0 Å². The first-order chi connectivity index (χ1) is 14.6. The summed E-state index contributed by atoms with van der Waals surface area (Å²) in [5.74, 6) is 2.18. The number of nitrogens with zero attached hydrogens (tertiary/aromatic N) is 2. The zero-order valence-electron chi connectivity index (χ0n) is 18.7. The summed E-state index contributed by atoms with van der Waals surface area (Å²) in [7, 11) is 4.10. The summed E-state index contributed by atoms with van der Waals surface area (Å²) in [4.78, 5) is 6.97. The van der Waals surface area contributed by atoms with Crippen LogP contribution in [0.5, 0.6) is 0 Å². The van der Waals surface area contributed by atoms with E-state index in [0.29, 0.717) is 12.5 Å². The van der Waals surface area contributed by atoms with E-state index in [9.17, 15) is 0 Å². The Balaban J connectivity index is 1.64. The maximum atomic E-state index is 6.17. The molecule has 1 aliphatic rings. The number of aliphatic imine (C=N–C) groups is 1. The lowest BCUT2D eigenvalue weighted by Gasteiger charge is -2.32. The van der Waals surface area contributed by atoms with Crippen LogP contribution in [0.25, 0.3) is 0 Å². The van der Waals surface area contributed by atoms with Gasteiger partial charge < -0.3 is 19.8 Å². The molecule has 0 aliphatic carbocycles. The van der Waals surface area contributed by atoms with Gasteiger partial charge in [0.15, 0.2) is 5.96 Å². The molecule has 2 N–H and O–H groups in total.